The van der Waals surface area contributed by atoms with E-state index in [1.165, 1.54) is 116 Å². The molecular formula is C54H99NO5. The summed E-state index contributed by atoms with van der Waals surface area (Å²) in [6.07, 6.45) is 57.4. The number of amides is 1. The van der Waals surface area contributed by atoms with Crippen molar-refractivity contribution in [1.29, 1.82) is 0 Å². The van der Waals surface area contributed by atoms with E-state index in [1.807, 2.05) is 0 Å². The number of ether oxygens (including phenoxy) is 1. The molecule has 6 nitrogen and oxygen atoms in total. The highest BCUT2D eigenvalue weighted by Gasteiger charge is 2.24. The lowest BCUT2D eigenvalue weighted by atomic mass is 10.0. The number of unbranched alkanes of at least 4 members (excludes halogenated alkanes) is 26. The van der Waals surface area contributed by atoms with Crippen molar-refractivity contribution in [3.63, 3.8) is 0 Å². The summed E-state index contributed by atoms with van der Waals surface area (Å²) in [5.74, 6) is -0.511. The van der Waals surface area contributed by atoms with E-state index >= 15 is 0 Å². The first-order chi connectivity index (χ1) is 29.5. The third-order valence-electron chi connectivity index (χ3n) is 11.6. The van der Waals surface area contributed by atoms with Crippen molar-refractivity contribution in [2.45, 2.75) is 277 Å². The molecule has 0 aliphatic heterocycles. The average molecular weight is 842 g/mol. The smallest absolute Gasteiger partial charge is 0.306 e. The van der Waals surface area contributed by atoms with Gasteiger partial charge in [-0.25, -0.2) is 0 Å². The number of carbonyl (C=O) groups is 2. The van der Waals surface area contributed by atoms with Crippen molar-refractivity contribution in [3.05, 3.63) is 48.6 Å². The minimum absolute atomic E-state index is 0.0572. The van der Waals surface area contributed by atoms with Gasteiger partial charge in [0.1, 0.15) is 6.10 Å². The third-order valence-corrected chi connectivity index (χ3v) is 11.6. The monoisotopic (exact) mass is 842 g/mol. The molecular weight excluding hydrogens is 743 g/mol. The number of hydrogen-bond donors (Lipinski definition) is 3. The molecule has 0 heterocycles. The quantitative estimate of drug-likeness (QED) is 0.0322. The molecule has 0 fully saturated rings. The maximum atomic E-state index is 13.2. The summed E-state index contributed by atoms with van der Waals surface area (Å²) in [6, 6.07) is -0.711. The number of aliphatic hydroxyl groups excluding tert-OH is 2. The fourth-order valence-corrected chi connectivity index (χ4v) is 7.67. The van der Waals surface area contributed by atoms with Gasteiger partial charge in [-0.1, -0.05) is 204 Å². The minimum atomic E-state index is -0.795. The second kappa shape index (κ2) is 47.9. The van der Waals surface area contributed by atoms with E-state index < -0.39 is 18.2 Å². The summed E-state index contributed by atoms with van der Waals surface area (Å²) in [5.41, 5.74) is 0. The van der Waals surface area contributed by atoms with Crippen LogP contribution in [-0.2, 0) is 14.3 Å². The molecule has 0 aromatic carbocycles. The first-order valence-electron chi connectivity index (χ1n) is 25.9. The lowest BCUT2D eigenvalue weighted by molar-refractivity contribution is -0.151. The molecule has 6 heteroatoms. The van der Waals surface area contributed by atoms with Gasteiger partial charge in [-0.05, 0) is 89.9 Å². The van der Waals surface area contributed by atoms with Gasteiger partial charge < -0.3 is 20.3 Å². The van der Waals surface area contributed by atoms with E-state index in [4.69, 9.17) is 4.74 Å². The van der Waals surface area contributed by atoms with Crippen LogP contribution < -0.4 is 5.32 Å². The summed E-state index contributed by atoms with van der Waals surface area (Å²) in [7, 11) is 0. The zero-order valence-corrected chi connectivity index (χ0v) is 39.8. The van der Waals surface area contributed by atoms with Gasteiger partial charge in [0.15, 0.2) is 0 Å². The molecule has 3 N–H and O–H groups in total. The topological polar surface area (TPSA) is 95.9 Å². The Morgan fingerprint density at radius 3 is 1.33 bits per heavy atom. The average Bonchev–Trinajstić information content (AvgIpc) is 3.24. The number of esters is 1. The van der Waals surface area contributed by atoms with Crippen LogP contribution in [0.15, 0.2) is 48.6 Å². The Hall–Kier alpha value is -2.18. The van der Waals surface area contributed by atoms with E-state index in [-0.39, 0.29) is 24.9 Å². The summed E-state index contributed by atoms with van der Waals surface area (Å²) < 4.78 is 5.92. The lowest BCUT2D eigenvalue weighted by Gasteiger charge is -2.24. The van der Waals surface area contributed by atoms with Crippen molar-refractivity contribution in [2.24, 2.45) is 0 Å². The molecule has 0 aromatic heterocycles. The molecule has 0 aliphatic rings. The predicted molar refractivity (Wildman–Crippen MR) is 259 cm³/mol. The number of allylic oxidation sites excluding steroid dienone is 8. The Balaban J connectivity index is 4.66. The van der Waals surface area contributed by atoms with Crippen LogP contribution in [0.2, 0.25) is 0 Å². The van der Waals surface area contributed by atoms with E-state index in [0.717, 1.165) is 96.3 Å². The second-order valence-corrected chi connectivity index (χ2v) is 17.6. The lowest BCUT2D eigenvalue weighted by Crippen LogP contribution is -2.46. The minimum Gasteiger partial charge on any atom is -0.462 e. The van der Waals surface area contributed by atoms with Crippen LogP contribution >= 0.6 is 0 Å². The van der Waals surface area contributed by atoms with Crippen LogP contribution in [0.1, 0.15) is 258 Å². The van der Waals surface area contributed by atoms with Gasteiger partial charge in [0.25, 0.3) is 0 Å². The molecule has 3 unspecified atom stereocenters. The summed E-state index contributed by atoms with van der Waals surface area (Å²) in [5, 5.41) is 23.7. The summed E-state index contributed by atoms with van der Waals surface area (Å²) in [6.45, 7) is 6.43. The number of carbonyl (C=O) groups excluding carboxylic acids is 2. The number of nitrogens with one attached hydrogen (secondary N) is 1. The molecule has 350 valence electrons. The van der Waals surface area contributed by atoms with Gasteiger partial charge in [-0.3, -0.25) is 9.59 Å². The number of aliphatic hydroxyl groups is 2. The van der Waals surface area contributed by atoms with Gasteiger partial charge in [0.05, 0.1) is 25.2 Å². The van der Waals surface area contributed by atoms with Crippen LogP contribution in [0, 0.1) is 0 Å². The maximum absolute atomic E-state index is 13.2. The second-order valence-electron chi connectivity index (χ2n) is 17.6. The summed E-state index contributed by atoms with van der Waals surface area (Å²) in [4.78, 5) is 26.1. The van der Waals surface area contributed by atoms with Crippen LogP contribution in [0.3, 0.4) is 0 Å². The number of rotatable bonds is 46. The Labute approximate surface area is 372 Å². The van der Waals surface area contributed by atoms with Gasteiger partial charge in [-0.15, -0.1) is 0 Å². The zero-order valence-electron chi connectivity index (χ0n) is 39.8. The first-order valence-corrected chi connectivity index (χ1v) is 25.9. The molecule has 0 bridgehead atoms. The largest absolute Gasteiger partial charge is 0.462 e. The van der Waals surface area contributed by atoms with Crippen molar-refractivity contribution >= 4 is 11.9 Å². The first kappa shape index (κ1) is 57.8. The van der Waals surface area contributed by atoms with Crippen molar-refractivity contribution in [3.8, 4) is 0 Å². The van der Waals surface area contributed by atoms with Gasteiger partial charge in [0.2, 0.25) is 5.91 Å². The van der Waals surface area contributed by atoms with Crippen LogP contribution in [-0.4, -0.2) is 46.9 Å². The molecule has 3 atom stereocenters. The molecule has 0 saturated carbocycles. The Morgan fingerprint density at radius 2 is 0.850 bits per heavy atom. The molecule has 0 radical (unpaired) electrons. The molecule has 60 heavy (non-hydrogen) atoms. The van der Waals surface area contributed by atoms with Gasteiger partial charge in [-0.2, -0.15) is 0 Å². The van der Waals surface area contributed by atoms with Crippen LogP contribution in [0.5, 0.6) is 0 Å². The van der Waals surface area contributed by atoms with E-state index in [1.54, 1.807) is 0 Å². The molecule has 0 rings (SSSR count). The van der Waals surface area contributed by atoms with Gasteiger partial charge in [0, 0.05) is 6.42 Å². The Bertz CT molecular complexity index is 1040. The fraction of sp³-hybridized carbons (Fsp3) is 0.815. The zero-order chi connectivity index (χ0) is 43.8. The molecule has 0 aliphatic carbocycles. The molecule has 0 spiro atoms. The molecule has 0 saturated heterocycles. The van der Waals surface area contributed by atoms with Crippen molar-refractivity contribution < 1.29 is 24.5 Å². The number of hydrogen-bond acceptors (Lipinski definition) is 5. The highest BCUT2D eigenvalue weighted by molar-refractivity contribution is 5.77. The van der Waals surface area contributed by atoms with Crippen LogP contribution in [0.25, 0.3) is 0 Å². The predicted octanol–water partition coefficient (Wildman–Crippen LogP) is 15.5. The standard InChI is InChI=1S/C54H99NO5/c1-4-7-10-13-16-19-22-24-25-26-27-29-31-33-36-39-42-45-50(60-54(59)47-44-41-38-35-32-28-23-20-17-14-11-8-5-2)48-53(58)55-51(49-56)52(57)46-43-40-37-34-30-21-18-15-12-9-6-3/h16,19,24-25,27-29,32,50-52,56-57H,4-15,17-18,20-23,26,30-31,33-49H2,1-3H3,(H,55,58)/b19-16-,25-24-,29-27-,32-28-. The Kier molecular flexibility index (Phi) is 46.1. The highest BCUT2D eigenvalue weighted by atomic mass is 16.5. The Morgan fingerprint density at radius 1 is 0.483 bits per heavy atom. The van der Waals surface area contributed by atoms with Crippen molar-refractivity contribution in [1.82, 2.24) is 5.32 Å². The van der Waals surface area contributed by atoms with Crippen molar-refractivity contribution in [2.75, 3.05) is 6.61 Å². The molecule has 1 amide bonds. The normalized spacial score (nSPS) is 13.6. The SMILES string of the molecule is CCCCC/C=C\C/C=C\C/C=C\CCCCCCC(CC(=O)NC(CO)C(O)CCCCCCCCCCCCC)OC(=O)CCCCC/C=C\CCCCCCCC. The highest BCUT2D eigenvalue weighted by Crippen LogP contribution is 2.17. The van der Waals surface area contributed by atoms with Crippen LogP contribution in [0.4, 0.5) is 0 Å². The fourth-order valence-electron chi connectivity index (χ4n) is 7.67. The van der Waals surface area contributed by atoms with E-state index in [2.05, 4.69) is 74.7 Å². The molecule has 0 aromatic rings. The third kappa shape index (κ3) is 42.5. The summed E-state index contributed by atoms with van der Waals surface area (Å²) >= 11 is 0. The van der Waals surface area contributed by atoms with E-state index in [0.29, 0.717) is 19.3 Å². The van der Waals surface area contributed by atoms with E-state index in [9.17, 15) is 19.8 Å². The maximum Gasteiger partial charge on any atom is 0.306 e. The van der Waals surface area contributed by atoms with Gasteiger partial charge >= 0.3 is 5.97 Å².